The van der Waals surface area contributed by atoms with E-state index in [0.717, 1.165) is 50.2 Å². The second-order valence-corrected chi connectivity index (χ2v) is 9.20. The third-order valence-corrected chi connectivity index (χ3v) is 6.97. The molecule has 2 fully saturated rings. The maximum Gasteiger partial charge on any atom is 0.275 e. The van der Waals surface area contributed by atoms with Gasteiger partial charge in [-0.25, -0.2) is 4.68 Å². The molecule has 0 unspecified atom stereocenters. The summed E-state index contributed by atoms with van der Waals surface area (Å²) < 4.78 is 1.38. The van der Waals surface area contributed by atoms with E-state index >= 15 is 0 Å². The van der Waals surface area contributed by atoms with Gasteiger partial charge in [0.05, 0.1) is 5.39 Å². The fourth-order valence-corrected chi connectivity index (χ4v) is 4.86. The average Bonchev–Trinajstić information content (AvgIpc) is 2.87. The molecule has 1 amide bonds. The van der Waals surface area contributed by atoms with E-state index in [4.69, 9.17) is 5.10 Å². The Morgan fingerprint density at radius 2 is 1.48 bits per heavy atom. The second kappa shape index (κ2) is 9.25. The van der Waals surface area contributed by atoms with Crippen molar-refractivity contribution >= 4 is 28.2 Å². The molecule has 0 aliphatic carbocycles. The second-order valence-electron chi connectivity index (χ2n) is 9.20. The van der Waals surface area contributed by atoms with Crippen LogP contribution in [-0.2, 0) is 11.3 Å². The lowest BCUT2D eigenvalue weighted by atomic mass is 9.99. The Hall–Kier alpha value is -3.35. The van der Waals surface area contributed by atoms with Crippen LogP contribution in [0.1, 0.15) is 19.8 Å². The highest BCUT2D eigenvalue weighted by atomic mass is 16.2. The third kappa shape index (κ3) is 4.45. The van der Waals surface area contributed by atoms with E-state index in [1.54, 1.807) is 0 Å². The van der Waals surface area contributed by atoms with Gasteiger partial charge in [0.25, 0.3) is 5.56 Å². The number of hydrogen-bond acceptors (Lipinski definition) is 5. The summed E-state index contributed by atoms with van der Waals surface area (Å²) in [5.74, 6) is 1.47. The van der Waals surface area contributed by atoms with E-state index in [2.05, 4.69) is 28.9 Å². The monoisotopic (exact) mass is 445 g/mol. The number of nitrogens with zero attached hydrogens (tertiary/aromatic N) is 5. The standard InChI is InChI=1S/C26H31N5O2/c1-20-11-13-30(14-12-20)25-22-9-5-6-10-23(22)26(33)31(27-25)19-24(32)29-17-15-28(16-18-29)21-7-3-2-4-8-21/h2-10,20H,11-19H2,1H3. The summed E-state index contributed by atoms with van der Waals surface area (Å²) in [6.45, 7) is 6.96. The number of piperazine rings is 1. The van der Waals surface area contributed by atoms with Crippen LogP contribution in [0.2, 0.25) is 0 Å². The van der Waals surface area contributed by atoms with E-state index in [-0.39, 0.29) is 18.0 Å². The Kier molecular flexibility index (Phi) is 6.03. The highest BCUT2D eigenvalue weighted by molar-refractivity contribution is 5.91. The molecule has 0 radical (unpaired) electrons. The summed E-state index contributed by atoms with van der Waals surface area (Å²) in [4.78, 5) is 32.7. The predicted molar refractivity (Wildman–Crippen MR) is 132 cm³/mol. The Labute approximate surface area is 194 Å². The molecular weight excluding hydrogens is 414 g/mol. The zero-order valence-corrected chi connectivity index (χ0v) is 19.2. The van der Waals surface area contributed by atoms with Crippen molar-refractivity contribution in [2.24, 2.45) is 5.92 Å². The van der Waals surface area contributed by atoms with Gasteiger partial charge >= 0.3 is 0 Å². The number of rotatable bonds is 4. The van der Waals surface area contributed by atoms with Crippen LogP contribution in [-0.4, -0.2) is 59.9 Å². The third-order valence-electron chi connectivity index (χ3n) is 6.97. The van der Waals surface area contributed by atoms with Crippen LogP contribution in [0, 0.1) is 5.92 Å². The number of hydrogen-bond donors (Lipinski definition) is 0. The number of carbonyl (C=O) groups is 1. The van der Waals surface area contributed by atoms with E-state index in [1.165, 1.54) is 10.4 Å². The Morgan fingerprint density at radius 3 is 2.18 bits per heavy atom. The molecule has 2 aliphatic heterocycles. The van der Waals surface area contributed by atoms with E-state index in [1.807, 2.05) is 47.4 Å². The van der Waals surface area contributed by atoms with Crippen LogP contribution in [0.25, 0.3) is 10.8 Å². The molecule has 0 atom stereocenters. The first-order chi connectivity index (χ1) is 16.1. The van der Waals surface area contributed by atoms with Crippen LogP contribution in [0.4, 0.5) is 11.5 Å². The van der Waals surface area contributed by atoms with Gasteiger partial charge in [0, 0.05) is 50.3 Å². The van der Waals surface area contributed by atoms with Gasteiger partial charge in [-0.05, 0) is 37.0 Å². The van der Waals surface area contributed by atoms with Crippen LogP contribution in [0.5, 0.6) is 0 Å². The first-order valence-corrected chi connectivity index (χ1v) is 11.9. The first-order valence-electron chi connectivity index (χ1n) is 11.9. The van der Waals surface area contributed by atoms with Gasteiger partial charge < -0.3 is 14.7 Å². The van der Waals surface area contributed by atoms with Gasteiger partial charge in [0.2, 0.25) is 5.91 Å². The van der Waals surface area contributed by atoms with Crippen molar-refractivity contribution in [2.75, 3.05) is 49.1 Å². The van der Waals surface area contributed by atoms with Crippen molar-refractivity contribution in [1.29, 1.82) is 0 Å². The number of piperidine rings is 1. The molecule has 2 aliphatic rings. The molecule has 2 saturated heterocycles. The zero-order valence-electron chi connectivity index (χ0n) is 19.2. The molecule has 33 heavy (non-hydrogen) atoms. The summed E-state index contributed by atoms with van der Waals surface area (Å²) in [6.07, 6.45) is 2.22. The molecule has 7 heteroatoms. The molecule has 0 saturated carbocycles. The minimum Gasteiger partial charge on any atom is -0.368 e. The zero-order chi connectivity index (χ0) is 22.8. The molecule has 2 aromatic carbocycles. The lowest BCUT2D eigenvalue weighted by molar-refractivity contribution is -0.132. The predicted octanol–water partition coefficient (Wildman–Crippen LogP) is 2.98. The van der Waals surface area contributed by atoms with E-state index in [9.17, 15) is 9.59 Å². The molecule has 3 heterocycles. The summed E-state index contributed by atoms with van der Waals surface area (Å²) in [5.41, 5.74) is 0.980. The van der Waals surface area contributed by atoms with Crippen LogP contribution < -0.4 is 15.4 Å². The average molecular weight is 446 g/mol. The minimum absolute atomic E-state index is 0.0216. The lowest BCUT2D eigenvalue weighted by Crippen LogP contribution is -2.50. The smallest absolute Gasteiger partial charge is 0.275 e. The number of amides is 1. The topological polar surface area (TPSA) is 61.7 Å². The fraction of sp³-hybridized carbons (Fsp3) is 0.423. The van der Waals surface area contributed by atoms with Crippen molar-refractivity contribution < 1.29 is 4.79 Å². The number of fused-ring (bicyclic) bond motifs is 1. The molecule has 5 rings (SSSR count). The van der Waals surface area contributed by atoms with Gasteiger partial charge in [0.1, 0.15) is 6.54 Å². The first kappa shape index (κ1) is 21.5. The van der Waals surface area contributed by atoms with E-state index in [0.29, 0.717) is 24.4 Å². The van der Waals surface area contributed by atoms with E-state index < -0.39 is 0 Å². The number of para-hydroxylation sites is 1. The van der Waals surface area contributed by atoms with Gasteiger partial charge in [-0.2, -0.15) is 5.10 Å². The summed E-state index contributed by atoms with van der Waals surface area (Å²) >= 11 is 0. The largest absolute Gasteiger partial charge is 0.368 e. The van der Waals surface area contributed by atoms with Crippen molar-refractivity contribution in [2.45, 2.75) is 26.3 Å². The molecule has 1 aromatic heterocycles. The molecule has 0 bridgehead atoms. The van der Waals surface area contributed by atoms with Crippen molar-refractivity contribution in [3.05, 3.63) is 65.0 Å². The SMILES string of the molecule is CC1CCN(c2nn(CC(=O)N3CCN(c4ccccc4)CC3)c(=O)c3ccccc23)CC1. The quantitative estimate of drug-likeness (QED) is 0.618. The lowest BCUT2D eigenvalue weighted by Gasteiger charge is -2.36. The molecule has 0 N–H and O–H groups in total. The van der Waals surface area contributed by atoms with Crippen LogP contribution in [0.3, 0.4) is 0 Å². The highest BCUT2D eigenvalue weighted by Crippen LogP contribution is 2.26. The maximum absolute atomic E-state index is 13.2. The minimum atomic E-state index is -0.198. The molecular formula is C26H31N5O2. The van der Waals surface area contributed by atoms with Crippen molar-refractivity contribution in [3.8, 4) is 0 Å². The molecule has 7 nitrogen and oxygen atoms in total. The molecule has 0 spiro atoms. The summed E-state index contributed by atoms with van der Waals surface area (Å²) in [5, 5.41) is 6.22. The Bertz CT molecular complexity index is 1180. The van der Waals surface area contributed by atoms with Crippen LogP contribution in [0.15, 0.2) is 59.4 Å². The Morgan fingerprint density at radius 1 is 0.848 bits per heavy atom. The van der Waals surface area contributed by atoms with Gasteiger partial charge in [-0.15, -0.1) is 0 Å². The fourth-order valence-electron chi connectivity index (χ4n) is 4.86. The van der Waals surface area contributed by atoms with Crippen molar-refractivity contribution in [3.63, 3.8) is 0 Å². The molecule has 3 aromatic rings. The molecule has 172 valence electrons. The van der Waals surface area contributed by atoms with Crippen molar-refractivity contribution in [1.82, 2.24) is 14.7 Å². The van der Waals surface area contributed by atoms with Gasteiger partial charge in [0.15, 0.2) is 5.82 Å². The number of anilines is 2. The Balaban J connectivity index is 1.35. The summed E-state index contributed by atoms with van der Waals surface area (Å²) in [7, 11) is 0. The number of benzene rings is 2. The maximum atomic E-state index is 13.2. The summed E-state index contributed by atoms with van der Waals surface area (Å²) in [6, 6.07) is 17.9. The number of carbonyl (C=O) groups excluding carboxylic acids is 1. The van der Waals surface area contributed by atoms with Crippen LogP contribution >= 0.6 is 0 Å². The van der Waals surface area contributed by atoms with Gasteiger partial charge in [-0.3, -0.25) is 9.59 Å². The normalized spacial score (nSPS) is 17.5. The highest BCUT2D eigenvalue weighted by Gasteiger charge is 2.24. The van der Waals surface area contributed by atoms with Gasteiger partial charge in [-0.1, -0.05) is 43.3 Å². The number of aromatic nitrogens is 2.